The molecule has 2 fully saturated rings. The largest absolute Gasteiger partial charge is 0.317 e. The summed E-state index contributed by atoms with van der Waals surface area (Å²) in [6, 6.07) is 0.962. The Kier molecular flexibility index (Phi) is 7.97. The van der Waals surface area contributed by atoms with Crippen molar-refractivity contribution in [3.63, 3.8) is 0 Å². The van der Waals surface area contributed by atoms with Crippen molar-refractivity contribution >= 4 is 0 Å². The van der Waals surface area contributed by atoms with Crippen LogP contribution >= 0.6 is 0 Å². The van der Waals surface area contributed by atoms with Gasteiger partial charge in [-0.05, 0) is 77.0 Å². The number of nitrogens with zero attached hydrogens (tertiary/aromatic N) is 1. The van der Waals surface area contributed by atoms with Crippen LogP contribution in [0.1, 0.15) is 77.6 Å². The van der Waals surface area contributed by atoms with E-state index in [1.807, 2.05) is 0 Å². The summed E-state index contributed by atoms with van der Waals surface area (Å²) in [4.78, 5) is 2.84. The molecule has 0 bridgehead atoms. The second-order valence-electron chi connectivity index (χ2n) is 6.95. The van der Waals surface area contributed by atoms with Crippen molar-refractivity contribution < 1.29 is 0 Å². The van der Waals surface area contributed by atoms with Crippen LogP contribution in [0, 0.1) is 5.92 Å². The van der Waals surface area contributed by atoms with Crippen molar-refractivity contribution in [3.05, 3.63) is 0 Å². The molecule has 20 heavy (non-hydrogen) atoms. The van der Waals surface area contributed by atoms with Gasteiger partial charge in [-0.15, -0.1) is 0 Å². The summed E-state index contributed by atoms with van der Waals surface area (Å²) in [5.74, 6) is 1.05. The van der Waals surface area contributed by atoms with Gasteiger partial charge in [0, 0.05) is 6.04 Å². The Morgan fingerprint density at radius 3 is 2.50 bits per heavy atom. The van der Waals surface area contributed by atoms with Gasteiger partial charge in [-0.2, -0.15) is 0 Å². The normalized spacial score (nSPS) is 24.8. The highest BCUT2D eigenvalue weighted by atomic mass is 15.2. The Balaban J connectivity index is 1.50. The lowest BCUT2D eigenvalue weighted by atomic mass is 9.96. The van der Waals surface area contributed by atoms with Gasteiger partial charge in [0.25, 0.3) is 0 Å². The number of hydrogen-bond donors (Lipinski definition) is 1. The average molecular weight is 280 g/mol. The maximum Gasteiger partial charge on any atom is 0.0124 e. The third kappa shape index (κ3) is 5.37. The van der Waals surface area contributed by atoms with Gasteiger partial charge in [0.1, 0.15) is 0 Å². The van der Waals surface area contributed by atoms with Gasteiger partial charge < -0.3 is 10.2 Å². The highest BCUT2D eigenvalue weighted by Gasteiger charge is 2.32. The van der Waals surface area contributed by atoms with Crippen molar-refractivity contribution in [1.82, 2.24) is 10.2 Å². The molecule has 0 aromatic carbocycles. The first-order valence-corrected chi connectivity index (χ1v) is 9.36. The van der Waals surface area contributed by atoms with Crippen LogP contribution in [-0.4, -0.2) is 37.1 Å². The zero-order valence-corrected chi connectivity index (χ0v) is 13.7. The van der Waals surface area contributed by atoms with Crippen LogP contribution in [0.4, 0.5) is 0 Å². The van der Waals surface area contributed by atoms with Gasteiger partial charge in [0.2, 0.25) is 0 Å². The van der Waals surface area contributed by atoms with E-state index in [-0.39, 0.29) is 0 Å². The van der Waals surface area contributed by atoms with Crippen molar-refractivity contribution in [3.8, 4) is 0 Å². The Labute approximate surface area is 126 Å². The molecule has 0 radical (unpaired) electrons. The van der Waals surface area contributed by atoms with E-state index in [2.05, 4.69) is 17.1 Å². The van der Waals surface area contributed by atoms with Crippen molar-refractivity contribution in [2.24, 2.45) is 5.92 Å². The van der Waals surface area contributed by atoms with Crippen molar-refractivity contribution in [2.45, 2.75) is 83.6 Å². The smallest absolute Gasteiger partial charge is 0.0124 e. The van der Waals surface area contributed by atoms with E-state index in [4.69, 9.17) is 0 Å². The number of nitrogens with one attached hydrogen (secondary N) is 1. The van der Waals surface area contributed by atoms with Gasteiger partial charge in [0.15, 0.2) is 0 Å². The molecule has 1 aliphatic carbocycles. The molecule has 1 unspecified atom stereocenters. The maximum absolute atomic E-state index is 3.50. The number of hydrogen-bond acceptors (Lipinski definition) is 2. The summed E-state index contributed by atoms with van der Waals surface area (Å²) < 4.78 is 0. The Morgan fingerprint density at radius 2 is 1.70 bits per heavy atom. The molecule has 1 saturated carbocycles. The number of rotatable bonds is 10. The SMILES string of the molecule is CCCNCCCCCCN1CCCC1C1CCCC1. The van der Waals surface area contributed by atoms with E-state index in [9.17, 15) is 0 Å². The monoisotopic (exact) mass is 280 g/mol. The van der Waals surface area contributed by atoms with E-state index >= 15 is 0 Å². The van der Waals surface area contributed by atoms with Crippen LogP contribution < -0.4 is 5.32 Å². The van der Waals surface area contributed by atoms with E-state index in [0.29, 0.717) is 0 Å². The lowest BCUT2D eigenvalue weighted by Gasteiger charge is -2.29. The molecular formula is C18H36N2. The van der Waals surface area contributed by atoms with Crippen LogP contribution in [0.2, 0.25) is 0 Å². The average Bonchev–Trinajstić information content (AvgIpc) is 3.11. The van der Waals surface area contributed by atoms with E-state index in [1.54, 1.807) is 0 Å². The topological polar surface area (TPSA) is 15.3 Å². The summed E-state index contributed by atoms with van der Waals surface area (Å²) in [5, 5.41) is 3.50. The summed E-state index contributed by atoms with van der Waals surface area (Å²) in [6.07, 6.45) is 15.9. The Bertz CT molecular complexity index is 236. The zero-order chi connectivity index (χ0) is 14.0. The number of unbranched alkanes of at least 4 members (excludes halogenated alkanes) is 3. The Hall–Kier alpha value is -0.0800. The molecule has 2 rings (SSSR count). The minimum absolute atomic E-state index is 0.962. The van der Waals surface area contributed by atoms with Crippen LogP contribution in [-0.2, 0) is 0 Å². The van der Waals surface area contributed by atoms with Crippen LogP contribution in [0.5, 0.6) is 0 Å². The molecule has 2 nitrogen and oxygen atoms in total. The summed E-state index contributed by atoms with van der Waals surface area (Å²) in [6.45, 7) is 7.42. The highest BCUT2D eigenvalue weighted by molar-refractivity contribution is 4.87. The minimum atomic E-state index is 0.962. The predicted molar refractivity (Wildman–Crippen MR) is 88.2 cm³/mol. The van der Waals surface area contributed by atoms with Gasteiger partial charge in [0.05, 0.1) is 0 Å². The maximum atomic E-state index is 3.50. The number of likely N-dealkylation sites (tertiary alicyclic amines) is 1. The molecule has 0 aromatic rings. The van der Waals surface area contributed by atoms with Gasteiger partial charge in [-0.1, -0.05) is 32.6 Å². The van der Waals surface area contributed by atoms with Crippen LogP contribution in [0.15, 0.2) is 0 Å². The molecule has 2 aliphatic rings. The zero-order valence-electron chi connectivity index (χ0n) is 13.7. The second-order valence-corrected chi connectivity index (χ2v) is 6.95. The highest BCUT2D eigenvalue weighted by Crippen LogP contribution is 2.35. The predicted octanol–water partition coefficient (Wildman–Crippen LogP) is 4.20. The quantitative estimate of drug-likeness (QED) is 0.603. The summed E-state index contributed by atoms with van der Waals surface area (Å²) >= 11 is 0. The Morgan fingerprint density at radius 1 is 0.900 bits per heavy atom. The molecule has 2 heteroatoms. The van der Waals surface area contributed by atoms with Gasteiger partial charge >= 0.3 is 0 Å². The molecule has 118 valence electrons. The molecule has 0 aromatic heterocycles. The fourth-order valence-corrected chi connectivity index (χ4v) is 4.23. The van der Waals surface area contributed by atoms with E-state index in [1.165, 1.54) is 96.8 Å². The molecule has 1 heterocycles. The van der Waals surface area contributed by atoms with E-state index in [0.717, 1.165) is 12.0 Å². The van der Waals surface area contributed by atoms with Crippen LogP contribution in [0.3, 0.4) is 0 Å². The summed E-state index contributed by atoms with van der Waals surface area (Å²) in [5.41, 5.74) is 0. The minimum Gasteiger partial charge on any atom is -0.317 e. The van der Waals surface area contributed by atoms with Gasteiger partial charge in [-0.3, -0.25) is 0 Å². The van der Waals surface area contributed by atoms with Gasteiger partial charge in [-0.25, -0.2) is 0 Å². The van der Waals surface area contributed by atoms with E-state index < -0.39 is 0 Å². The first-order valence-electron chi connectivity index (χ1n) is 9.36. The third-order valence-electron chi connectivity index (χ3n) is 5.33. The lowest BCUT2D eigenvalue weighted by molar-refractivity contribution is 0.187. The first kappa shape index (κ1) is 16.3. The molecule has 1 aliphatic heterocycles. The standard InChI is InChI=1S/C18H36N2/c1-2-13-19-14-7-3-4-8-15-20-16-9-12-18(20)17-10-5-6-11-17/h17-19H,2-16H2,1H3. The molecule has 0 amide bonds. The van der Waals surface area contributed by atoms with Crippen molar-refractivity contribution in [2.75, 3.05) is 26.2 Å². The van der Waals surface area contributed by atoms with Crippen LogP contribution in [0.25, 0.3) is 0 Å². The molecule has 1 N–H and O–H groups in total. The second kappa shape index (κ2) is 9.78. The third-order valence-corrected chi connectivity index (χ3v) is 5.33. The summed E-state index contributed by atoms with van der Waals surface area (Å²) in [7, 11) is 0. The molecular weight excluding hydrogens is 244 g/mol. The first-order chi connectivity index (χ1) is 9.92. The fraction of sp³-hybridized carbons (Fsp3) is 1.00. The molecule has 0 spiro atoms. The lowest BCUT2D eigenvalue weighted by Crippen LogP contribution is -2.35. The van der Waals surface area contributed by atoms with Crippen molar-refractivity contribution in [1.29, 1.82) is 0 Å². The molecule has 1 saturated heterocycles. The molecule has 1 atom stereocenters. The fourth-order valence-electron chi connectivity index (χ4n) is 4.23.